The van der Waals surface area contributed by atoms with Gasteiger partial charge in [0.05, 0.1) is 36.5 Å². The summed E-state index contributed by atoms with van der Waals surface area (Å²) >= 11 is 0. The molecular weight excluding hydrogens is 780 g/mol. The molecule has 0 aliphatic heterocycles. The van der Waals surface area contributed by atoms with Gasteiger partial charge in [0.2, 0.25) is 0 Å². The van der Waals surface area contributed by atoms with Crippen LogP contribution in [0.3, 0.4) is 0 Å². The lowest BCUT2D eigenvalue weighted by atomic mass is 10.0. The highest BCUT2D eigenvalue weighted by Crippen LogP contribution is 2.15. The van der Waals surface area contributed by atoms with E-state index in [2.05, 4.69) is 50.1 Å². The van der Waals surface area contributed by atoms with Crippen molar-refractivity contribution in [1.82, 2.24) is 0 Å². The summed E-state index contributed by atoms with van der Waals surface area (Å²) in [6.07, 6.45) is 8.34. The lowest BCUT2D eigenvalue weighted by Gasteiger charge is -2.16. The zero-order valence-electron chi connectivity index (χ0n) is 34.7. The zero-order chi connectivity index (χ0) is 43.4. The minimum absolute atomic E-state index is 0.0159. The first-order chi connectivity index (χ1) is 29.1. The van der Waals surface area contributed by atoms with E-state index in [0.29, 0.717) is 0 Å². The highest BCUT2D eigenvalue weighted by molar-refractivity contribution is 5.90. The van der Waals surface area contributed by atoms with E-state index in [0.717, 1.165) is 93.7 Å². The lowest BCUT2D eigenvalue weighted by Crippen LogP contribution is -2.21. The third-order valence-corrected chi connectivity index (χ3v) is 9.26. The number of rotatable bonds is 23. The number of unbranched alkanes of at least 4 members (excludes halogenated alkanes) is 6. The molecule has 0 unspecified atom stereocenters. The largest absolute Gasteiger partial charge is 0.549 e. The SMILES string of the molecule is CCCCCc1ccc(C(=O)OOC(=O)OCCC(CCOC(=O)OOC(=O)c2ccc(CCCCC)cc2)COC(=O)OOC(=O)c2ccc(CCCCC)cc2)cc1. The molecule has 0 saturated carbocycles. The van der Waals surface area contributed by atoms with Crippen LogP contribution < -0.4 is 0 Å². The molecule has 3 rings (SSSR count). The van der Waals surface area contributed by atoms with E-state index >= 15 is 0 Å². The van der Waals surface area contributed by atoms with E-state index in [1.54, 1.807) is 72.8 Å². The van der Waals surface area contributed by atoms with E-state index in [-0.39, 0.29) is 49.4 Å². The van der Waals surface area contributed by atoms with Crippen molar-refractivity contribution in [2.45, 2.75) is 111 Å². The van der Waals surface area contributed by atoms with E-state index in [1.165, 1.54) is 0 Å². The molecule has 0 saturated heterocycles. The molecule has 15 heteroatoms. The van der Waals surface area contributed by atoms with Crippen molar-refractivity contribution in [3.63, 3.8) is 0 Å². The summed E-state index contributed by atoms with van der Waals surface area (Å²) in [4.78, 5) is 101. The average molecular weight is 837 g/mol. The Bertz CT molecular complexity index is 1670. The predicted molar refractivity (Wildman–Crippen MR) is 215 cm³/mol. The van der Waals surface area contributed by atoms with Crippen LogP contribution >= 0.6 is 0 Å². The summed E-state index contributed by atoms with van der Waals surface area (Å²) in [6, 6.07) is 20.2. The summed E-state index contributed by atoms with van der Waals surface area (Å²) in [5.74, 6) is -3.36. The third-order valence-electron chi connectivity index (χ3n) is 9.26. The molecule has 0 amide bonds. The van der Waals surface area contributed by atoms with Gasteiger partial charge >= 0.3 is 36.4 Å². The Labute approximate surface area is 350 Å². The first kappa shape index (κ1) is 48.3. The van der Waals surface area contributed by atoms with E-state index in [1.807, 2.05) is 0 Å². The Hall–Kier alpha value is -6.12. The Kier molecular flexibility index (Phi) is 22.8. The van der Waals surface area contributed by atoms with Crippen LogP contribution in [-0.2, 0) is 62.8 Å². The Balaban J connectivity index is 1.46. The van der Waals surface area contributed by atoms with Gasteiger partial charge in [-0.3, -0.25) is 0 Å². The molecule has 0 fully saturated rings. The molecule has 326 valence electrons. The van der Waals surface area contributed by atoms with Gasteiger partial charge in [-0.25, -0.2) is 43.7 Å². The van der Waals surface area contributed by atoms with Crippen molar-refractivity contribution in [2.24, 2.45) is 5.92 Å². The fourth-order valence-electron chi connectivity index (χ4n) is 5.71. The molecule has 0 aromatic heterocycles. The second-order valence-corrected chi connectivity index (χ2v) is 14.0. The van der Waals surface area contributed by atoms with Gasteiger partial charge in [0.15, 0.2) is 0 Å². The highest BCUT2D eigenvalue weighted by Gasteiger charge is 2.20. The van der Waals surface area contributed by atoms with Crippen molar-refractivity contribution >= 4 is 36.4 Å². The smallest absolute Gasteiger partial charge is 0.432 e. The van der Waals surface area contributed by atoms with Crippen LogP contribution in [-0.4, -0.2) is 56.2 Å². The number of benzene rings is 3. The molecule has 0 heterocycles. The standard InChI is InChI=1S/C45H56O15/c1-4-7-10-13-33-16-22-37(23-17-33)40(46)55-58-43(49)52-30-28-36(32-54-45(51)60-57-42(48)39-26-20-35(21-27-39)15-12-9-6-3)29-31-53-44(50)59-56-41(47)38-24-18-34(19-25-38)14-11-8-5-2/h16-27,36H,4-15,28-32H2,1-3H3. The number of aryl methyl sites for hydroxylation is 3. The van der Waals surface area contributed by atoms with Gasteiger partial charge in [-0.15, -0.1) is 0 Å². The van der Waals surface area contributed by atoms with Crippen molar-refractivity contribution in [3.05, 3.63) is 106 Å². The van der Waals surface area contributed by atoms with Gasteiger partial charge in [0, 0.05) is 0 Å². The van der Waals surface area contributed by atoms with Crippen molar-refractivity contribution in [1.29, 1.82) is 0 Å². The molecule has 0 atom stereocenters. The van der Waals surface area contributed by atoms with Gasteiger partial charge in [-0.05, 0) is 110 Å². The molecule has 0 radical (unpaired) electrons. The normalized spacial score (nSPS) is 10.6. The van der Waals surface area contributed by atoms with Crippen LogP contribution in [0.2, 0.25) is 0 Å². The molecular formula is C45H56O15. The number of hydrogen-bond donors (Lipinski definition) is 0. The summed E-state index contributed by atoms with van der Waals surface area (Å²) in [7, 11) is 0. The molecule has 0 spiro atoms. The fourth-order valence-corrected chi connectivity index (χ4v) is 5.71. The van der Waals surface area contributed by atoms with E-state index in [9.17, 15) is 28.8 Å². The molecule has 3 aromatic rings. The maximum atomic E-state index is 12.4. The molecule has 0 N–H and O–H groups in total. The maximum absolute atomic E-state index is 12.4. The molecule has 0 aliphatic rings. The van der Waals surface area contributed by atoms with Crippen LogP contribution in [0.15, 0.2) is 72.8 Å². The van der Waals surface area contributed by atoms with Gasteiger partial charge in [0.1, 0.15) is 0 Å². The average Bonchev–Trinajstić information content (AvgIpc) is 3.26. The van der Waals surface area contributed by atoms with Gasteiger partial charge in [-0.2, -0.15) is 14.4 Å². The molecule has 60 heavy (non-hydrogen) atoms. The third kappa shape index (κ3) is 19.6. The summed E-state index contributed by atoms with van der Waals surface area (Å²) in [5.41, 5.74) is 3.69. The number of hydrogen-bond acceptors (Lipinski definition) is 15. The summed E-state index contributed by atoms with van der Waals surface area (Å²) in [5, 5.41) is 0. The van der Waals surface area contributed by atoms with Crippen LogP contribution in [0.1, 0.15) is 139 Å². The van der Waals surface area contributed by atoms with Crippen molar-refractivity contribution in [2.75, 3.05) is 19.8 Å². The quantitative estimate of drug-likeness (QED) is 0.0288. The van der Waals surface area contributed by atoms with E-state index in [4.69, 9.17) is 14.2 Å². The van der Waals surface area contributed by atoms with Gasteiger partial charge in [-0.1, -0.05) is 95.7 Å². The summed E-state index contributed by atoms with van der Waals surface area (Å²) in [6.45, 7) is 5.35. The monoisotopic (exact) mass is 836 g/mol. The maximum Gasteiger partial charge on any atom is 0.549 e. The number of carbonyl (C=O) groups is 6. The Morgan fingerprint density at radius 2 is 0.700 bits per heavy atom. The van der Waals surface area contributed by atoms with Gasteiger partial charge < -0.3 is 14.2 Å². The van der Waals surface area contributed by atoms with Crippen molar-refractivity contribution in [3.8, 4) is 0 Å². The predicted octanol–water partition coefficient (Wildman–Crippen LogP) is 10.4. The molecule has 3 aromatic carbocycles. The first-order valence-electron chi connectivity index (χ1n) is 20.5. The molecule has 0 aliphatic carbocycles. The fraction of sp³-hybridized carbons (Fsp3) is 0.467. The first-order valence-corrected chi connectivity index (χ1v) is 20.5. The molecule has 0 bridgehead atoms. The lowest BCUT2D eigenvalue weighted by molar-refractivity contribution is -0.206. The number of carbonyl (C=O) groups excluding carboxylic acids is 6. The molecule has 15 nitrogen and oxygen atoms in total. The zero-order valence-corrected chi connectivity index (χ0v) is 34.7. The van der Waals surface area contributed by atoms with Crippen LogP contribution in [0.5, 0.6) is 0 Å². The van der Waals surface area contributed by atoms with Gasteiger partial charge in [0.25, 0.3) is 0 Å². The topological polar surface area (TPSA) is 185 Å². The van der Waals surface area contributed by atoms with Crippen LogP contribution in [0, 0.1) is 5.92 Å². The second kappa shape index (κ2) is 28.3. The van der Waals surface area contributed by atoms with Crippen LogP contribution in [0.4, 0.5) is 14.4 Å². The van der Waals surface area contributed by atoms with Crippen molar-refractivity contribution < 1.29 is 72.3 Å². The Morgan fingerprint density at radius 3 is 1.00 bits per heavy atom. The second-order valence-electron chi connectivity index (χ2n) is 14.0. The summed E-state index contributed by atoms with van der Waals surface area (Å²) < 4.78 is 15.1. The minimum Gasteiger partial charge on any atom is -0.432 e. The van der Waals surface area contributed by atoms with E-state index < -0.39 is 42.3 Å². The Morgan fingerprint density at radius 1 is 0.400 bits per heavy atom. The number of ether oxygens (including phenoxy) is 3. The van der Waals surface area contributed by atoms with Crippen LogP contribution in [0.25, 0.3) is 0 Å². The minimum atomic E-state index is -1.34. The highest BCUT2D eigenvalue weighted by atomic mass is 17.2.